The van der Waals surface area contributed by atoms with E-state index in [4.69, 9.17) is 9.47 Å². The molecule has 1 amide bonds. The molecule has 0 radical (unpaired) electrons. The number of ether oxygens (including phenoxy) is 2. The van der Waals surface area contributed by atoms with Crippen LogP contribution in [-0.2, 0) is 11.2 Å². The summed E-state index contributed by atoms with van der Waals surface area (Å²) in [6.07, 6.45) is 0.989. The highest BCUT2D eigenvalue weighted by Crippen LogP contribution is 2.30. The highest BCUT2D eigenvalue weighted by molar-refractivity contribution is 5.82. The Hall–Kier alpha value is -2.69. The van der Waals surface area contributed by atoms with Crippen molar-refractivity contribution in [2.75, 3.05) is 32.2 Å². The topological polar surface area (TPSA) is 50.8 Å². The van der Waals surface area contributed by atoms with Crippen LogP contribution in [0.3, 0.4) is 0 Å². The zero-order valence-electron chi connectivity index (χ0n) is 14.9. The van der Waals surface area contributed by atoms with Crippen molar-refractivity contribution in [2.24, 2.45) is 0 Å². The minimum atomic E-state index is -0.171. The number of hydrogen-bond acceptors (Lipinski definition) is 4. The Morgan fingerprint density at radius 2 is 2.00 bits per heavy atom. The Balaban J connectivity index is 1.67. The molecule has 0 aromatic heterocycles. The van der Waals surface area contributed by atoms with Crippen LogP contribution in [0.2, 0.25) is 0 Å². The molecule has 1 aliphatic heterocycles. The van der Waals surface area contributed by atoms with Gasteiger partial charge in [0, 0.05) is 17.8 Å². The molecule has 1 atom stereocenters. The standard InChI is InChI=1S/C20H24N2O3/c1-14(17-12-16(24-2)8-9-19(17)25-3)21-20(23)13-22-11-10-15-6-4-5-7-18(15)22/h4-9,12,14H,10-11,13H2,1-3H3,(H,21,23)/t14-/m1/s1. The largest absolute Gasteiger partial charge is 0.497 e. The van der Waals surface area contributed by atoms with Crippen molar-refractivity contribution in [1.29, 1.82) is 0 Å². The summed E-state index contributed by atoms with van der Waals surface area (Å²) < 4.78 is 10.7. The van der Waals surface area contributed by atoms with E-state index in [0.29, 0.717) is 6.54 Å². The molecule has 2 aromatic carbocycles. The molecule has 25 heavy (non-hydrogen) atoms. The van der Waals surface area contributed by atoms with Crippen molar-refractivity contribution >= 4 is 11.6 Å². The smallest absolute Gasteiger partial charge is 0.239 e. The second-order valence-corrected chi connectivity index (χ2v) is 6.20. The van der Waals surface area contributed by atoms with E-state index in [1.165, 1.54) is 5.56 Å². The van der Waals surface area contributed by atoms with Crippen LogP contribution in [-0.4, -0.2) is 33.2 Å². The summed E-state index contributed by atoms with van der Waals surface area (Å²) in [7, 11) is 3.25. The van der Waals surface area contributed by atoms with E-state index in [-0.39, 0.29) is 11.9 Å². The molecule has 0 saturated carbocycles. The maximum absolute atomic E-state index is 12.5. The molecule has 1 heterocycles. The first-order valence-corrected chi connectivity index (χ1v) is 8.46. The first kappa shape index (κ1) is 17.1. The lowest BCUT2D eigenvalue weighted by Gasteiger charge is -2.22. The van der Waals surface area contributed by atoms with Gasteiger partial charge in [-0.05, 0) is 43.2 Å². The van der Waals surface area contributed by atoms with Crippen LogP contribution in [0.15, 0.2) is 42.5 Å². The fraction of sp³-hybridized carbons (Fsp3) is 0.350. The van der Waals surface area contributed by atoms with E-state index in [1.807, 2.05) is 37.3 Å². The van der Waals surface area contributed by atoms with Gasteiger partial charge in [-0.15, -0.1) is 0 Å². The van der Waals surface area contributed by atoms with E-state index in [2.05, 4.69) is 22.3 Å². The van der Waals surface area contributed by atoms with Crippen LogP contribution in [0.5, 0.6) is 11.5 Å². The number of fused-ring (bicyclic) bond motifs is 1. The fourth-order valence-corrected chi connectivity index (χ4v) is 3.29. The summed E-state index contributed by atoms with van der Waals surface area (Å²) in [4.78, 5) is 14.6. The van der Waals surface area contributed by atoms with Crippen LogP contribution in [0.1, 0.15) is 24.1 Å². The number of rotatable bonds is 6. The Morgan fingerprint density at radius 1 is 1.20 bits per heavy atom. The van der Waals surface area contributed by atoms with Crippen molar-refractivity contribution in [3.63, 3.8) is 0 Å². The van der Waals surface area contributed by atoms with Gasteiger partial charge in [-0.3, -0.25) is 4.79 Å². The van der Waals surface area contributed by atoms with E-state index in [1.54, 1.807) is 14.2 Å². The highest BCUT2D eigenvalue weighted by Gasteiger charge is 2.22. The number of anilines is 1. The van der Waals surface area contributed by atoms with E-state index >= 15 is 0 Å². The van der Waals surface area contributed by atoms with Crippen molar-refractivity contribution in [3.05, 3.63) is 53.6 Å². The predicted octanol–water partition coefficient (Wildman–Crippen LogP) is 2.94. The van der Waals surface area contributed by atoms with Crippen LogP contribution >= 0.6 is 0 Å². The van der Waals surface area contributed by atoms with Crippen molar-refractivity contribution in [2.45, 2.75) is 19.4 Å². The Morgan fingerprint density at radius 3 is 2.76 bits per heavy atom. The molecule has 0 aliphatic carbocycles. The van der Waals surface area contributed by atoms with E-state index in [9.17, 15) is 4.79 Å². The lowest BCUT2D eigenvalue weighted by molar-refractivity contribution is -0.120. The fourth-order valence-electron chi connectivity index (χ4n) is 3.29. The number of para-hydroxylation sites is 1. The number of carbonyl (C=O) groups excluding carboxylic acids is 1. The third kappa shape index (κ3) is 3.71. The van der Waals surface area contributed by atoms with Gasteiger partial charge in [0.15, 0.2) is 0 Å². The molecule has 2 aromatic rings. The van der Waals surface area contributed by atoms with Gasteiger partial charge in [-0.25, -0.2) is 0 Å². The normalized spacial score (nSPS) is 14.0. The number of amides is 1. The van der Waals surface area contributed by atoms with Gasteiger partial charge in [0.1, 0.15) is 11.5 Å². The number of hydrogen-bond donors (Lipinski definition) is 1. The minimum Gasteiger partial charge on any atom is -0.497 e. The average molecular weight is 340 g/mol. The number of nitrogens with one attached hydrogen (secondary N) is 1. The van der Waals surface area contributed by atoms with Crippen LogP contribution in [0, 0.1) is 0 Å². The predicted molar refractivity (Wildman–Crippen MR) is 98.5 cm³/mol. The third-order valence-corrected chi connectivity index (χ3v) is 4.60. The summed E-state index contributed by atoms with van der Waals surface area (Å²) in [5, 5.41) is 3.06. The van der Waals surface area contributed by atoms with Gasteiger partial charge < -0.3 is 19.7 Å². The van der Waals surface area contributed by atoms with Gasteiger partial charge in [-0.1, -0.05) is 18.2 Å². The molecule has 0 fully saturated rings. The van der Waals surface area contributed by atoms with Crippen LogP contribution in [0.4, 0.5) is 5.69 Å². The first-order chi connectivity index (χ1) is 12.1. The molecule has 0 spiro atoms. The van der Waals surface area contributed by atoms with Gasteiger partial charge >= 0.3 is 0 Å². The second-order valence-electron chi connectivity index (χ2n) is 6.20. The first-order valence-electron chi connectivity index (χ1n) is 8.46. The van der Waals surface area contributed by atoms with Gasteiger partial charge in [0.25, 0.3) is 0 Å². The molecular weight excluding hydrogens is 316 g/mol. The van der Waals surface area contributed by atoms with Crippen molar-refractivity contribution in [1.82, 2.24) is 5.32 Å². The zero-order chi connectivity index (χ0) is 17.8. The molecule has 1 aliphatic rings. The Kier molecular flexibility index (Phi) is 5.12. The van der Waals surface area contributed by atoms with E-state index in [0.717, 1.165) is 35.7 Å². The second kappa shape index (κ2) is 7.47. The number of carbonyl (C=O) groups is 1. The monoisotopic (exact) mass is 340 g/mol. The third-order valence-electron chi connectivity index (χ3n) is 4.60. The van der Waals surface area contributed by atoms with Gasteiger partial charge in [0.2, 0.25) is 5.91 Å². The number of methoxy groups -OCH3 is 2. The quantitative estimate of drug-likeness (QED) is 0.878. The molecular formula is C20H24N2O3. The minimum absolute atomic E-state index is 0.00549. The van der Waals surface area contributed by atoms with Crippen molar-refractivity contribution in [3.8, 4) is 11.5 Å². The zero-order valence-corrected chi connectivity index (χ0v) is 14.9. The molecule has 1 N–H and O–H groups in total. The molecule has 132 valence electrons. The maximum atomic E-state index is 12.5. The van der Waals surface area contributed by atoms with Crippen LogP contribution in [0.25, 0.3) is 0 Å². The number of nitrogens with zero attached hydrogens (tertiary/aromatic N) is 1. The van der Waals surface area contributed by atoms with Gasteiger partial charge in [0.05, 0.1) is 26.8 Å². The average Bonchev–Trinajstić information content (AvgIpc) is 3.04. The summed E-state index contributed by atoms with van der Waals surface area (Å²) in [5.41, 5.74) is 3.36. The maximum Gasteiger partial charge on any atom is 0.239 e. The summed E-state index contributed by atoms with van der Waals surface area (Å²) in [6.45, 7) is 3.18. The lowest BCUT2D eigenvalue weighted by Crippen LogP contribution is -2.37. The number of benzene rings is 2. The molecule has 5 heteroatoms. The highest BCUT2D eigenvalue weighted by atomic mass is 16.5. The summed E-state index contributed by atoms with van der Waals surface area (Å²) in [5.74, 6) is 1.47. The molecule has 5 nitrogen and oxygen atoms in total. The van der Waals surface area contributed by atoms with E-state index < -0.39 is 0 Å². The summed E-state index contributed by atoms with van der Waals surface area (Å²) >= 11 is 0. The molecule has 0 saturated heterocycles. The molecule has 3 rings (SSSR count). The Bertz CT molecular complexity index is 760. The lowest BCUT2D eigenvalue weighted by atomic mass is 10.1. The Labute approximate surface area is 148 Å². The molecule has 0 bridgehead atoms. The van der Waals surface area contributed by atoms with Crippen molar-refractivity contribution < 1.29 is 14.3 Å². The van der Waals surface area contributed by atoms with Gasteiger partial charge in [-0.2, -0.15) is 0 Å². The molecule has 0 unspecified atom stereocenters. The van der Waals surface area contributed by atoms with Crippen LogP contribution < -0.4 is 19.7 Å². The summed E-state index contributed by atoms with van der Waals surface area (Å²) in [6, 6.07) is 13.7. The SMILES string of the molecule is COc1ccc(OC)c([C@@H](C)NC(=O)CN2CCc3ccccc32)c1.